The molecule has 122 valence electrons. The Morgan fingerprint density at radius 1 is 1.12 bits per heavy atom. The molecule has 0 bridgehead atoms. The van der Waals surface area contributed by atoms with Gasteiger partial charge in [0, 0.05) is 17.0 Å². The number of fused-ring (bicyclic) bond motifs is 1. The van der Waals surface area contributed by atoms with E-state index in [2.05, 4.69) is 29.4 Å². The summed E-state index contributed by atoms with van der Waals surface area (Å²) in [6, 6.07) is 16.3. The molecule has 1 atom stereocenters. The number of hydrogen-bond donors (Lipinski definition) is 1. The van der Waals surface area contributed by atoms with E-state index in [-0.39, 0.29) is 0 Å². The first-order valence-corrected chi connectivity index (χ1v) is 8.80. The molecule has 2 heterocycles. The normalized spacial score (nSPS) is 16.8. The molecule has 6 heteroatoms. The summed E-state index contributed by atoms with van der Waals surface area (Å²) in [6.45, 7) is 2.89. The molecular weight excluding hydrogens is 340 g/mol. The second-order valence-electron chi connectivity index (χ2n) is 6.12. The predicted molar refractivity (Wildman–Crippen MR) is 97.1 cm³/mol. The van der Waals surface area contributed by atoms with Gasteiger partial charge in [0.1, 0.15) is 12.9 Å². The lowest BCUT2D eigenvalue weighted by atomic mass is 10.0. The highest BCUT2D eigenvalue weighted by Crippen LogP contribution is 2.15. The number of benzene rings is 2. The third kappa shape index (κ3) is 3.02. The minimum Gasteiger partial charge on any atom is -0.312 e. The third-order valence-electron chi connectivity index (χ3n) is 4.50. The molecule has 1 aliphatic heterocycles. The number of nitrogens with zero attached hydrogens (tertiary/aromatic N) is 3. The van der Waals surface area contributed by atoms with Gasteiger partial charge in [0.15, 0.2) is 6.67 Å². The molecule has 2 aromatic carbocycles. The first-order valence-electron chi connectivity index (χ1n) is 8.01. The summed E-state index contributed by atoms with van der Waals surface area (Å²) in [5, 5.41) is 5.18. The van der Waals surface area contributed by atoms with Crippen molar-refractivity contribution in [3.63, 3.8) is 0 Å². The van der Waals surface area contributed by atoms with Crippen molar-refractivity contribution >= 4 is 23.8 Å². The Balaban J connectivity index is 1.56. The van der Waals surface area contributed by atoms with Crippen LogP contribution in [0.2, 0.25) is 5.02 Å². The summed E-state index contributed by atoms with van der Waals surface area (Å²) in [4.78, 5) is 1.47. The summed E-state index contributed by atoms with van der Waals surface area (Å²) in [5.41, 5.74) is 3.84. The molecule has 1 aromatic heterocycles. The topological polar surface area (TPSA) is 27.2 Å². The van der Waals surface area contributed by atoms with E-state index in [4.69, 9.17) is 23.8 Å². The number of rotatable bonds is 3. The molecule has 1 aliphatic rings. The quantitative estimate of drug-likeness (QED) is 0.730. The Kier molecular flexibility index (Phi) is 4.22. The molecule has 4 rings (SSSR count). The van der Waals surface area contributed by atoms with Crippen LogP contribution in [0.3, 0.4) is 0 Å². The maximum atomic E-state index is 6.08. The van der Waals surface area contributed by atoms with Crippen LogP contribution in [-0.2, 0) is 19.6 Å². The van der Waals surface area contributed by atoms with E-state index in [1.807, 2.05) is 33.5 Å². The molecule has 0 aliphatic carbocycles. The number of quaternary nitrogens is 1. The molecule has 4 nitrogen and oxygen atoms in total. The maximum Gasteiger partial charge on any atom is 0.207 e. The fourth-order valence-electron chi connectivity index (χ4n) is 3.24. The van der Waals surface area contributed by atoms with Crippen molar-refractivity contribution in [2.45, 2.75) is 19.6 Å². The van der Waals surface area contributed by atoms with Crippen molar-refractivity contribution in [2.24, 2.45) is 0 Å². The van der Waals surface area contributed by atoms with E-state index in [1.165, 1.54) is 16.0 Å². The molecule has 1 N–H and O–H groups in total. The average molecular weight is 358 g/mol. The van der Waals surface area contributed by atoms with Crippen molar-refractivity contribution in [2.75, 3.05) is 6.54 Å². The van der Waals surface area contributed by atoms with Gasteiger partial charge in [-0.25, -0.2) is 0 Å². The van der Waals surface area contributed by atoms with E-state index in [0.717, 1.165) is 31.9 Å². The smallest absolute Gasteiger partial charge is 0.207 e. The fourth-order valence-corrected chi connectivity index (χ4v) is 3.69. The predicted octanol–water partition coefficient (Wildman–Crippen LogP) is 2.66. The number of nitrogens with one attached hydrogen (secondary N) is 1. The van der Waals surface area contributed by atoms with Crippen LogP contribution in [0.5, 0.6) is 0 Å². The molecule has 24 heavy (non-hydrogen) atoms. The van der Waals surface area contributed by atoms with Gasteiger partial charge in [-0.05, 0) is 36.0 Å². The van der Waals surface area contributed by atoms with Crippen molar-refractivity contribution in [3.8, 4) is 5.69 Å². The van der Waals surface area contributed by atoms with E-state index in [0.29, 0.717) is 9.79 Å². The van der Waals surface area contributed by atoms with Crippen LogP contribution in [0.4, 0.5) is 0 Å². The van der Waals surface area contributed by atoms with Gasteiger partial charge in [-0.3, -0.25) is 4.57 Å². The van der Waals surface area contributed by atoms with Crippen LogP contribution in [0.1, 0.15) is 11.1 Å². The van der Waals surface area contributed by atoms with E-state index in [1.54, 1.807) is 6.33 Å². The monoisotopic (exact) mass is 357 g/mol. The van der Waals surface area contributed by atoms with Gasteiger partial charge >= 0.3 is 0 Å². The Morgan fingerprint density at radius 2 is 1.96 bits per heavy atom. The van der Waals surface area contributed by atoms with Crippen LogP contribution in [0.15, 0.2) is 54.9 Å². The maximum absolute atomic E-state index is 6.08. The van der Waals surface area contributed by atoms with Gasteiger partial charge < -0.3 is 4.90 Å². The summed E-state index contributed by atoms with van der Waals surface area (Å²) < 4.78 is 4.50. The molecule has 0 radical (unpaired) electrons. The highest BCUT2D eigenvalue weighted by Gasteiger charge is 2.20. The average Bonchev–Trinajstić information content (AvgIpc) is 2.95. The second-order valence-corrected chi connectivity index (χ2v) is 6.92. The molecule has 0 saturated heterocycles. The molecule has 3 aromatic rings. The summed E-state index contributed by atoms with van der Waals surface area (Å²) >= 11 is 11.7. The standard InChI is InChI=1S/C18H17ClN4S/c19-16-6-3-7-17(10-16)22-12-20-23(18(22)24)13-21-9-8-14-4-1-2-5-15(14)11-21/h1-7,10,12H,8-9,11,13H2/p+1. The van der Waals surface area contributed by atoms with E-state index < -0.39 is 0 Å². The van der Waals surface area contributed by atoms with Crippen LogP contribution in [-0.4, -0.2) is 20.9 Å². The Bertz CT molecular complexity index is 931. The zero-order valence-corrected chi connectivity index (χ0v) is 14.7. The van der Waals surface area contributed by atoms with Crippen molar-refractivity contribution in [3.05, 3.63) is 75.8 Å². The van der Waals surface area contributed by atoms with E-state index in [9.17, 15) is 0 Å². The van der Waals surface area contributed by atoms with Crippen molar-refractivity contribution in [1.29, 1.82) is 0 Å². The molecule has 1 unspecified atom stereocenters. The zero-order valence-electron chi connectivity index (χ0n) is 13.2. The van der Waals surface area contributed by atoms with Crippen molar-refractivity contribution < 1.29 is 4.90 Å². The van der Waals surface area contributed by atoms with Gasteiger partial charge in [0.25, 0.3) is 0 Å². The number of aromatic nitrogens is 3. The molecule has 0 amide bonds. The van der Waals surface area contributed by atoms with Crippen LogP contribution in [0, 0.1) is 4.77 Å². The lowest BCUT2D eigenvalue weighted by Gasteiger charge is -2.25. The first-order chi connectivity index (χ1) is 11.7. The van der Waals surface area contributed by atoms with Crippen molar-refractivity contribution in [1.82, 2.24) is 14.3 Å². The summed E-state index contributed by atoms with van der Waals surface area (Å²) in [7, 11) is 0. The van der Waals surface area contributed by atoms with E-state index >= 15 is 0 Å². The molecule has 0 fully saturated rings. The minimum absolute atomic E-state index is 0.695. The summed E-state index contributed by atoms with van der Waals surface area (Å²) in [5.74, 6) is 0. The minimum atomic E-state index is 0.695. The Morgan fingerprint density at radius 3 is 2.79 bits per heavy atom. The SMILES string of the molecule is S=c1n(-c2cccc(Cl)c2)cnn1C[NH+]1CCc2ccccc2C1. The van der Waals surface area contributed by atoms with Gasteiger partial charge in [-0.1, -0.05) is 41.9 Å². The zero-order chi connectivity index (χ0) is 16.5. The van der Waals surface area contributed by atoms with Gasteiger partial charge in [0.2, 0.25) is 4.77 Å². The highest BCUT2D eigenvalue weighted by atomic mass is 35.5. The Hall–Kier alpha value is -1.95. The van der Waals surface area contributed by atoms with Gasteiger partial charge in [-0.15, -0.1) is 0 Å². The van der Waals surface area contributed by atoms with Gasteiger partial charge in [-0.2, -0.15) is 9.78 Å². The lowest BCUT2D eigenvalue weighted by Crippen LogP contribution is -3.11. The fraction of sp³-hybridized carbons (Fsp3) is 0.222. The Labute approximate surface area is 150 Å². The lowest BCUT2D eigenvalue weighted by molar-refractivity contribution is -0.939. The van der Waals surface area contributed by atoms with Crippen LogP contribution < -0.4 is 4.90 Å². The number of halogens is 1. The number of hydrogen-bond acceptors (Lipinski definition) is 2. The van der Waals surface area contributed by atoms with Gasteiger partial charge in [0.05, 0.1) is 12.2 Å². The second kappa shape index (κ2) is 6.51. The summed E-state index contributed by atoms with van der Waals surface area (Å²) in [6.07, 6.45) is 2.87. The molecule has 0 saturated carbocycles. The largest absolute Gasteiger partial charge is 0.312 e. The third-order valence-corrected chi connectivity index (χ3v) is 5.14. The van der Waals surface area contributed by atoms with Crippen LogP contribution >= 0.6 is 23.8 Å². The molecular formula is C18H18ClN4S+. The first kappa shape index (κ1) is 15.6. The van der Waals surface area contributed by atoms with Crippen LogP contribution in [0.25, 0.3) is 5.69 Å². The molecule has 0 spiro atoms. The highest BCUT2D eigenvalue weighted by molar-refractivity contribution is 7.71.